The Morgan fingerprint density at radius 2 is 1.93 bits per heavy atom. The normalized spacial score (nSPS) is 10.9. The van der Waals surface area contributed by atoms with Gasteiger partial charge in [0, 0.05) is 7.36 Å². The molecule has 0 aliphatic carbocycles. The smallest absolute Gasteiger partial charge is 0.154 e. The largest absolute Gasteiger partial charge is 0.478 e. The third-order valence-electron chi connectivity index (χ3n) is 1.57. The van der Waals surface area contributed by atoms with Crippen LogP contribution in [0.25, 0.3) is 0 Å². The van der Waals surface area contributed by atoms with Gasteiger partial charge in [-0.2, -0.15) is 5.26 Å². The highest BCUT2D eigenvalue weighted by Crippen LogP contribution is 2.26. The Morgan fingerprint density at radius 1 is 1.36 bits per heavy atom. The maximum Gasteiger partial charge on any atom is 0.154 e. The molecule has 0 unspecified atom stereocenters. The van der Waals surface area contributed by atoms with E-state index in [1.807, 2.05) is 13.8 Å². The fourth-order valence-corrected chi connectivity index (χ4v) is 1.16. The summed E-state index contributed by atoms with van der Waals surface area (Å²) >= 11 is 4.93. The SMILES string of the molecule is CC(C)(Oc1ccc(C#N)cc1)P=S. The van der Waals surface area contributed by atoms with Gasteiger partial charge in [0.15, 0.2) is 5.34 Å². The van der Waals surface area contributed by atoms with Crippen molar-refractivity contribution in [1.29, 1.82) is 5.26 Å². The van der Waals surface area contributed by atoms with Gasteiger partial charge in [0.25, 0.3) is 0 Å². The highest BCUT2D eigenvalue weighted by Gasteiger charge is 2.16. The number of hydrogen-bond acceptors (Lipinski definition) is 3. The van der Waals surface area contributed by atoms with Gasteiger partial charge in [-0.3, -0.25) is 0 Å². The van der Waals surface area contributed by atoms with Crippen LogP contribution in [0.15, 0.2) is 24.3 Å². The highest BCUT2D eigenvalue weighted by molar-refractivity contribution is 7.97. The zero-order chi connectivity index (χ0) is 10.6. The second-order valence-corrected chi connectivity index (χ2v) is 5.08. The molecule has 0 N–H and O–H groups in total. The molecule has 4 heteroatoms. The van der Waals surface area contributed by atoms with Crippen LogP contribution in [0.1, 0.15) is 19.4 Å². The van der Waals surface area contributed by atoms with Crippen LogP contribution in [0.4, 0.5) is 0 Å². The molecule has 14 heavy (non-hydrogen) atoms. The van der Waals surface area contributed by atoms with Gasteiger partial charge in [-0.25, -0.2) is 0 Å². The first-order valence-electron chi connectivity index (χ1n) is 4.11. The molecular formula is C10H10NOPS. The van der Waals surface area contributed by atoms with E-state index in [1.54, 1.807) is 24.3 Å². The second kappa shape index (κ2) is 4.50. The predicted octanol–water partition coefficient (Wildman–Crippen LogP) is 3.08. The van der Waals surface area contributed by atoms with E-state index in [9.17, 15) is 0 Å². The van der Waals surface area contributed by atoms with Crippen molar-refractivity contribution in [2.75, 3.05) is 0 Å². The molecule has 1 rings (SSSR count). The Balaban J connectivity index is 2.80. The lowest BCUT2D eigenvalue weighted by atomic mass is 10.2. The lowest BCUT2D eigenvalue weighted by Gasteiger charge is -2.20. The molecule has 0 fully saturated rings. The topological polar surface area (TPSA) is 33.0 Å². The molecule has 0 radical (unpaired) electrons. The number of ether oxygens (including phenoxy) is 1. The third-order valence-corrected chi connectivity index (χ3v) is 3.42. The molecular weight excluding hydrogens is 213 g/mol. The number of nitrogens with zero attached hydrogens (tertiary/aromatic N) is 1. The molecule has 0 saturated carbocycles. The van der Waals surface area contributed by atoms with Gasteiger partial charge in [-0.1, -0.05) is 11.8 Å². The number of rotatable bonds is 3. The minimum Gasteiger partial charge on any atom is -0.478 e. The zero-order valence-electron chi connectivity index (χ0n) is 8.02. The lowest BCUT2D eigenvalue weighted by Crippen LogP contribution is -2.19. The van der Waals surface area contributed by atoms with Crippen molar-refractivity contribution in [3.63, 3.8) is 0 Å². The zero-order valence-corrected chi connectivity index (χ0v) is 9.73. The van der Waals surface area contributed by atoms with Crippen molar-refractivity contribution in [3.8, 4) is 11.8 Å². The molecule has 1 aromatic rings. The van der Waals surface area contributed by atoms with E-state index in [-0.39, 0.29) is 5.34 Å². The van der Waals surface area contributed by atoms with Crippen molar-refractivity contribution in [2.24, 2.45) is 0 Å². The highest BCUT2D eigenvalue weighted by atomic mass is 32.4. The van der Waals surface area contributed by atoms with Crippen LogP contribution in [0.5, 0.6) is 5.75 Å². The van der Waals surface area contributed by atoms with Crippen LogP contribution >= 0.6 is 7.36 Å². The van der Waals surface area contributed by atoms with E-state index in [0.717, 1.165) is 13.1 Å². The van der Waals surface area contributed by atoms with Crippen molar-refractivity contribution < 1.29 is 4.74 Å². The van der Waals surface area contributed by atoms with E-state index in [1.165, 1.54) is 0 Å². The van der Waals surface area contributed by atoms with Crippen LogP contribution < -0.4 is 4.74 Å². The first-order chi connectivity index (χ1) is 6.57. The molecule has 0 heterocycles. The van der Waals surface area contributed by atoms with Gasteiger partial charge >= 0.3 is 0 Å². The quantitative estimate of drug-likeness (QED) is 0.738. The van der Waals surface area contributed by atoms with Crippen LogP contribution in [-0.4, -0.2) is 5.34 Å². The lowest BCUT2D eigenvalue weighted by molar-refractivity contribution is 0.206. The molecule has 2 nitrogen and oxygen atoms in total. The summed E-state index contributed by atoms with van der Waals surface area (Å²) in [6, 6.07) is 9.07. The minimum atomic E-state index is -0.358. The van der Waals surface area contributed by atoms with Gasteiger partial charge in [-0.05, 0) is 38.1 Å². The monoisotopic (exact) mass is 223 g/mol. The molecule has 0 bridgehead atoms. The van der Waals surface area contributed by atoms with Crippen molar-refractivity contribution in [3.05, 3.63) is 29.8 Å². The Labute approximate surface area is 90.3 Å². The van der Waals surface area contributed by atoms with Crippen LogP contribution in [-0.2, 0) is 11.8 Å². The summed E-state index contributed by atoms with van der Waals surface area (Å²) in [6.45, 7) is 3.86. The van der Waals surface area contributed by atoms with E-state index in [4.69, 9.17) is 21.8 Å². The van der Waals surface area contributed by atoms with Crippen molar-refractivity contribution >= 4 is 19.2 Å². The maximum atomic E-state index is 8.60. The van der Waals surface area contributed by atoms with Crippen LogP contribution in [0.2, 0.25) is 0 Å². The molecule has 0 amide bonds. The number of benzene rings is 1. The van der Waals surface area contributed by atoms with Gasteiger partial charge in [0.05, 0.1) is 11.6 Å². The Hall–Kier alpha value is -0.970. The van der Waals surface area contributed by atoms with Gasteiger partial charge in [-0.15, -0.1) is 0 Å². The predicted molar refractivity (Wildman–Crippen MR) is 60.1 cm³/mol. The molecule has 0 aliphatic rings. The van der Waals surface area contributed by atoms with Gasteiger partial charge in [0.1, 0.15) is 5.75 Å². The van der Waals surface area contributed by atoms with Crippen LogP contribution in [0.3, 0.4) is 0 Å². The summed E-state index contributed by atoms with van der Waals surface area (Å²) in [4.78, 5) is 0. The fourth-order valence-electron chi connectivity index (χ4n) is 0.905. The van der Waals surface area contributed by atoms with Crippen molar-refractivity contribution in [2.45, 2.75) is 19.2 Å². The molecule has 0 saturated heterocycles. The molecule has 0 atom stereocenters. The molecule has 72 valence electrons. The summed E-state index contributed by atoms with van der Waals surface area (Å²) in [7, 11) is 0.766. The standard InChI is InChI=1S/C10H10NOPS/c1-10(2,13-14)12-9-5-3-8(7-11)4-6-9/h3-6H,1-2H3. The summed E-state index contributed by atoms with van der Waals surface area (Å²) in [5.41, 5.74) is 0.631. The summed E-state index contributed by atoms with van der Waals surface area (Å²) in [6.07, 6.45) is 0. The van der Waals surface area contributed by atoms with Gasteiger partial charge < -0.3 is 4.74 Å². The van der Waals surface area contributed by atoms with Crippen molar-refractivity contribution in [1.82, 2.24) is 0 Å². The average Bonchev–Trinajstić information content (AvgIpc) is 2.19. The van der Waals surface area contributed by atoms with E-state index in [2.05, 4.69) is 6.07 Å². The Kier molecular flexibility index (Phi) is 3.57. The number of nitriles is 1. The average molecular weight is 223 g/mol. The Morgan fingerprint density at radius 3 is 2.36 bits per heavy atom. The Bertz CT molecular complexity index is 367. The molecule has 0 spiro atoms. The van der Waals surface area contributed by atoms with Gasteiger partial charge in [0.2, 0.25) is 0 Å². The summed E-state index contributed by atoms with van der Waals surface area (Å²) in [5, 5.41) is 8.24. The number of hydrogen-bond donors (Lipinski definition) is 0. The van der Waals surface area contributed by atoms with Crippen LogP contribution in [0, 0.1) is 11.3 Å². The molecule has 0 aliphatic heterocycles. The summed E-state index contributed by atoms with van der Waals surface area (Å²) in [5.74, 6) is 0.742. The maximum absolute atomic E-state index is 8.60. The molecule has 0 aromatic heterocycles. The fraction of sp³-hybridized carbons (Fsp3) is 0.300. The minimum absolute atomic E-state index is 0.358. The third kappa shape index (κ3) is 3.06. The van der Waals surface area contributed by atoms with E-state index >= 15 is 0 Å². The van der Waals surface area contributed by atoms with E-state index < -0.39 is 0 Å². The second-order valence-electron chi connectivity index (χ2n) is 3.28. The molecule has 1 aromatic carbocycles. The first-order valence-corrected chi connectivity index (χ1v) is 6.02. The van der Waals surface area contributed by atoms with E-state index in [0.29, 0.717) is 5.56 Å². The summed E-state index contributed by atoms with van der Waals surface area (Å²) < 4.78 is 5.62. The first kappa shape index (κ1) is 11.1.